The summed E-state index contributed by atoms with van der Waals surface area (Å²) < 4.78 is 13.6. The summed E-state index contributed by atoms with van der Waals surface area (Å²) in [6, 6.07) is 8.22. The highest BCUT2D eigenvalue weighted by Gasteiger charge is 2.19. The number of pyridine rings is 1. The molecule has 1 aromatic heterocycles. The van der Waals surface area contributed by atoms with Crippen molar-refractivity contribution in [2.75, 3.05) is 5.32 Å². The highest BCUT2D eigenvalue weighted by molar-refractivity contribution is 5.99. The third-order valence-corrected chi connectivity index (χ3v) is 2.76. The standard InChI is InChI=1S/C13H9FN2O/c14-10-4-2-1-3-9(10)11-5-8-6-13(17)16-12(8)7-15-11/h1-5,7H,6H2,(H,16,17). The van der Waals surface area contributed by atoms with Gasteiger partial charge in [-0.05, 0) is 23.8 Å². The van der Waals surface area contributed by atoms with Gasteiger partial charge in [0.1, 0.15) is 5.82 Å². The number of amides is 1. The Morgan fingerprint density at radius 3 is 2.94 bits per heavy atom. The van der Waals surface area contributed by atoms with Crippen LogP contribution >= 0.6 is 0 Å². The third kappa shape index (κ3) is 1.67. The normalized spacial score (nSPS) is 13.4. The number of nitrogens with zero attached hydrogens (tertiary/aromatic N) is 1. The van der Waals surface area contributed by atoms with Crippen molar-refractivity contribution < 1.29 is 9.18 Å². The fraction of sp³-hybridized carbons (Fsp3) is 0.0769. The van der Waals surface area contributed by atoms with Crippen LogP contribution in [0.15, 0.2) is 36.5 Å². The van der Waals surface area contributed by atoms with Crippen molar-refractivity contribution in [2.45, 2.75) is 6.42 Å². The Morgan fingerprint density at radius 2 is 2.12 bits per heavy atom. The topological polar surface area (TPSA) is 42.0 Å². The second-order valence-electron chi connectivity index (χ2n) is 3.93. The van der Waals surface area contributed by atoms with E-state index >= 15 is 0 Å². The lowest BCUT2D eigenvalue weighted by atomic mass is 10.1. The first-order chi connectivity index (χ1) is 8.24. The first kappa shape index (κ1) is 9.96. The molecule has 0 atom stereocenters. The first-order valence-corrected chi connectivity index (χ1v) is 5.28. The minimum Gasteiger partial charge on any atom is -0.324 e. The molecular formula is C13H9FN2O. The number of hydrogen-bond acceptors (Lipinski definition) is 2. The van der Waals surface area contributed by atoms with Crippen LogP contribution < -0.4 is 5.32 Å². The molecule has 84 valence electrons. The maximum Gasteiger partial charge on any atom is 0.228 e. The van der Waals surface area contributed by atoms with Gasteiger partial charge in [-0.3, -0.25) is 9.78 Å². The maximum absolute atomic E-state index is 13.6. The van der Waals surface area contributed by atoms with Gasteiger partial charge in [0, 0.05) is 5.56 Å². The Kier molecular flexibility index (Phi) is 2.14. The van der Waals surface area contributed by atoms with Gasteiger partial charge in [-0.2, -0.15) is 0 Å². The summed E-state index contributed by atoms with van der Waals surface area (Å²) in [6.07, 6.45) is 1.90. The molecular weight excluding hydrogens is 219 g/mol. The van der Waals surface area contributed by atoms with Crippen LogP contribution in [0, 0.1) is 5.82 Å². The molecule has 0 aliphatic carbocycles. The highest BCUT2D eigenvalue weighted by Crippen LogP contribution is 2.27. The van der Waals surface area contributed by atoms with Gasteiger partial charge in [0.2, 0.25) is 5.91 Å². The Labute approximate surface area is 97.3 Å². The third-order valence-electron chi connectivity index (χ3n) is 2.76. The predicted molar refractivity (Wildman–Crippen MR) is 62.0 cm³/mol. The van der Waals surface area contributed by atoms with Crippen LogP contribution in [0.25, 0.3) is 11.3 Å². The second kappa shape index (κ2) is 3.66. The lowest BCUT2D eigenvalue weighted by Gasteiger charge is -2.04. The Bertz CT molecular complexity index is 610. The minimum atomic E-state index is -0.308. The summed E-state index contributed by atoms with van der Waals surface area (Å²) in [7, 11) is 0. The molecule has 1 N–H and O–H groups in total. The highest BCUT2D eigenvalue weighted by atomic mass is 19.1. The van der Waals surface area contributed by atoms with E-state index in [1.54, 1.807) is 30.5 Å². The zero-order chi connectivity index (χ0) is 11.8. The molecule has 4 heteroatoms. The molecule has 1 aliphatic heterocycles. The summed E-state index contributed by atoms with van der Waals surface area (Å²) in [4.78, 5) is 15.4. The van der Waals surface area contributed by atoms with Crippen molar-refractivity contribution in [2.24, 2.45) is 0 Å². The van der Waals surface area contributed by atoms with Crippen LogP contribution in [0.5, 0.6) is 0 Å². The number of halogens is 1. The van der Waals surface area contributed by atoms with E-state index < -0.39 is 0 Å². The van der Waals surface area contributed by atoms with Gasteiger partial charge in [-0.1, -0.05) is 12.1 Å². The summed E-state index contributed by atoms with van der Waals surface area (Å²) in [5.74, 6) is -0.357. The van der Waals surface area contributed by atoms with E-state index in [1.807, 2.05) is 0 Å². The van der Waals surface area contributed by atoms with Crippen LogP contribution in [0.1, 0.15) is 5.56 Å². The van der Waals surface area contributed by atoms with Gasteiger partial charge in [0.15, 0.2) is 0 Å². The molecule has 3 nitrogen and oxygen atoms in total. The lowest BCUT2D eigenvalue weighted by molar-refractivity contribution is -0.115. The quantitative estimate of drug-likeness (QED) is 0.814. The molecule has 0 unspecified atom stereocenters. The average molecular weight is 228 g/mol. The number of carbonyl (C=O) groups is 1. The number of fused-ring (bicyclic) bond motifs is 1. The Balaban J connectivity index is 2.09. The van der Waals surface area contributed by atoms with Crippen molar-refractivity contribution in [3.05, 3.63) is 47.9 Å². The van der Waals surface area contributed by atoms with Gasteiger partial charge >= 0.3 is 0 Å². The van der Waals surface area contributed by atoms with E-state index in [0.29, 0.717) is 17.7 Å². The number of benzene rings is 1. The van der Waals surface area contributed by atoms with Crippen molar-refractivity contribution in [3.63, 3.8) is 0 Å². The van der Waals surface area contributed by atoms with E-state index in [0.717, 1.165) is 11.3 Å². The monoisotopic (exact) mass is 228 g/mol. The van der Waals surface area contributed by atoms with E-state index in [1.165, 1.54) is 6.07 Å². The molecule has 2 heterocycles. The largest absolute Gasteiger partial charge is 0.324 e. The zero-order valence-corrected chi connectivity index (χ0v) is 8.90. The molecule has 0 radical (unpaired) electrons. The number of nitrogens with one attached hydrogen (secondary N) is 1. The van der Waals surface area contributed by atoms with Crippen molar-refractivity contribution >= 4 is 11.6 Å². The smallest absolute Gasteiger partial charge is 0.228 e. The van der Waals surface area contributed by atoms with E-state index in [2.05, 4.69) is 10.3 Å². The molecule has 3 rings (SSSR count). The predicted octanol–water partition coefficient (Wildman–Crippen LogP) is 2.38. The lowest BCUT2D eigenvalue weighted by Crippen LogP contribution is -2.03. The number of anilines is 1. The summed E-state index contributed by atoms with van der Waals surface area (Å²) in [6.45, 7) is 0. The molecule has 1 aliphatic rings. The number of carbonyl (C=O) groups excluding carboxylic acids is 1. The Morgan fingerprint density at radius 1 is 1.29 bits per heavy atom. The van der Waals surface area contributed by atoms with Gasteiger partial charge in [-0.15, -0.1) is 0 Å². The molecule has 0 spiro atoms. The number of rotatable bonds is 1. The first-order valence-electron chi connectivity index (χ1n) is 5.28. The molecule has 0 bridgehead atoms. The zero-order valence-electron chi connectivity index (χ0n) is 8.90. The summed E-state index contributed by atoms with van der Waals surface area (Å²) in [5.41, 5.74) is 2.59. The van der Waals surface area contributed by atoms with Crippen LogP contribution in [0.3, 0.4) is 0 Å². The van der Waals surface area contributed by atoms with E-state index in [-0.39, 0.29) is 11.7 Å². The SMILES string of the molecule is O=C1Cc2cc(-c3ccccc3F)ncc2N1. The molecule has 0 saturated carbocycles. The molecule has 1 aromatic carbocycles. The van der Waals surface area contributed by atoms with Gasteiger partial charge in [0.05, 0.1) is 24.0 Å². The van der Waals surface area contributed by atoms with Crippen LogP contribution in [-0.2, 0) is 11.2 Å². The number of aromatic nitrogens is 1. The molecule has 17 heavy (non-hydrogen) atoms. The van der Waals surface area contributed by atoms with E-state index in [9.17, 15) is 9.18 Å². The Hall–Kier alpha value is -2.23. The van der Waals surface area contributed by atoms with Crippen molar-refractivity contribution in [1.82, 2.24) is 4.98 Å². The molecule has 0 fully saturated rings. The summed E-state index contributed by atoms with van der Waals surface area (Å²) in [5, 5.41) is 2.70. The molecule has 2 aromatic rings. The fourth-order valence-corrected chi connectivity index (χ4v) is 1.94. The van der Waals surface area contributed by atoms with Gasteiger partial charge in [0.25, 0.3) is 0 Å². The average Bonchev–Trinajstić information content (AvgIpc) is 2.68. The van der Waals surface area contributed by atoms with Crippen LogP contribution in [-0.4, -0.2) is 10.9 Å². The van der Waals surface area contributed by atoms with Gasteiger partial charge < -0.3 is 5.32 Å². The number of hydrogen-bond donors (Lipinski definition) is 1. The van der Waals surface area contributed by atoms with Gasteiger partial charge in [-0.25, -0.2) is 4.39 Å². The minimum absolute atomic E-state index is 0.0486. The second-order valence-corrected chi connectivity index (χ2v) is 3.93. The fourth-order valence-electron chi connectivity index (χ4n) is 1.94. The molecule has 0 saturated heterocycles. The molecule has 1 amide bonds. The van der Waals surface area contributed by atoms with Crippen molar-refractivity contribution in [3.8, 4) is 11.3 Å². The van der Waals surface area contributed by atoms with E-state index in [4.69, 9.17) is 0 Å². The summed E-state index contributed by atoms with van der Waals surface area (Å²) >= 11 is 0. The van der Waals surface area contributed by atoms with Crippen LogP contribution in [0.4, 0.5) is 10.1 Å². The van der Waals surface area contributed by atoms with Crippen molar-refractivity contribution in [1.29, 1.82) is 0 Å². The maximum atomic E-state index is 13.6. The van der Waals surface area contributed by atoms with Crippen LogP contribution in [0.2, 0.25) is 0 Å².